The molecule has 1 aromatic heterocycles. The predicted octanol–water partition coefficient (Wildman–Crippen LogP) is 2.63. The molecule has 1 heterocycles. The molecule has 0 aliphatic rings. The normalized spacial score (nSPS) is 10.4. The first-order valence-electron chi connectivity index (χ1n) is 4.42. The van der Waals surface area contributed by atoms with E-state index in [0.29, 0.717) is 11.7 Å². The summed E-state index contributed by atoms with van der Waals surface area (Å²) in [6.45, 7) is 0.465. The highest BCUT2D eigenvalue weighted by Gasteiger charge is 2.04. The van der Waals surface area contributed by atoms with Gasteiger partial charge in [0.1, 0.15) is 5.82 Å². The zero-order valence-electron chi connectivity index (χ0n) is 8.08. The second-order valence-corrected chi connectivity index (χ2v) is 4.65. The molecule has 0 saturated carbocycles. The van der Waals surface area contributed by atoms with E-state index in [9.17, 15) is 4.39 Å². The van der Waals surface area contributed by atoms with Gasteiger partial charge >= 0.3 is 0 Å². The summed E-state index contributed by atoms with van der Waals surface area (Å²) in [5, 5.41) is 3.64. The number of nitrogens with one attached hydrogen (secondary N) is 1. The third-order valence-electron chi connectivity index (χ3n) is 1.88. The van der Waals surface area contributed by atoms with Gasteiger partial charge in [-0.1, -0.05) is 15.9 Å². The Kier molecular flexibility index (Phi) is 3.35. The molecule has 4 nitrogen and oxygen atoms in total. The second kappa shape index (κ2) is 4.75. The van der Waals surface area contributed by atoms with Crippen molar-refractivity contribution in [3.05, 3.63) is 34.1 Å². The Morgan fingerprint density at radius 2 is 2.31 bits per heavy atom. The topological polar surface area (TPSA) is 63.8 Å². The molecule has 0 aliphatic carbocycles. The molecule has 3 N–H and O–H groups in total. The Bertz CT molecular complexity index is 502. The summed E-state index contributed by atoms with van der Waals surface area (Å²) in [4.78, 5) is 3.94. The van der Waals surface area contributed by atoms with E-state index >= 15 is 0 Å². The molecule has 2 aromatic rings. The zero-order valence-corrected chi connectivity index (χ0v) is 10.5. The molecule has 7 heteroatoms. The molecular formula is C9H8BrFN4S. The van der Waals surface area contributed by atoms with E-state index in [1.54, 1.807) is 6.07 Å². The molecule has 0 fully saturated rings. The number of benzene rings is 1. The Morgan fingerprint density at radius 1 is 1.50 bits per heavy atom. The van der Waals surface area contributed by atoms with Crippen LogP contribution in [-0.4, -0.2) is 9.36 Å². The lowest BCUT2D eigenvalue weighted by Crippen LogP contribution is -2.00. The van der Waals surface area contributed by atoms with Gasteiger partial charge in [0.25, 0.3) is 0 Å². The van der Waals surface area contributed by atoms with Gasteiger partial charge in [-0.3, -0.25) is 0 Å². The Labute approximate surface area is 104 Å². The standard InChI is InChI=1S/C9H8BrFN4S/c10-7-2-1-6(11)3-5(7)4-13-9-14-8(12)15-16-9/h1-3H,4H2,(H3,12,13,14,15). The minimum atomic E-state index is -0.267. The fraction of sp³-hybridized carbons (Fsp3) is 0.111. The molecule has 0 unspecified atom stereocenters. The van der Waals surface area contributed by atoms with Crippen LogP contribution in [-0.2, 0) is 6.54 Å². The van der Waals surface area contributed by atoms with Crippen LogP contribution in [0.1, 0.15) is 5.56 Å². The number of halogens is 2. The van der Waals surface area contributed by atoms with E-state index in [4.69, 9.17) is 5.73 Å². The van der Waals surface area contributed by atoms with Crippen molar-refractivity contribution in [2.24, 2.45) is 0 Å². The molecule has 0 amide bonds. The summed E-state index contributed by atoms with van der Waals surface area (Å²) < 4.78 is 17.7. The van der Waals surface area contributed by atoms with Crippen molar-refractivity contribution in [2.75, 3.05) is 11.1 Å². The van der Waals surface area contributed by atoms with E-state index in [1.807, 2.05) is 0 Å². The smallest absolute Gasteiger partial charge is 0.233 e. The summed E-state index contributed by atoms with van der Waals surface area (Å²) in [6.07, 6.45) is 0. The maximum Gasteiger partial charge on any atom is 0.233 e. The molecule has 0 spiro atoms. The molecule has 2 rings (SSSR count). The van der Waals surface area contributed by atoms with Crippen LogP contribution in [0.25, 0.3) is 0 Å². The second-order valence-electron chi connectivity index (χ2n) is 3.05. The summed E-state index contributed by atoms with van der Waals surface area (Å²) in [5.41, 5.74) is 6.19. The van der Waals surface area contributed by atoms with E-state index in [2.05, 4.69) is 30.6 Å². The summed E-state index contributed by atoms with van der Waals surface area (Å²) in [7, 11) is 0. The Morgan fingerprint density at radius 3 is 3.00 bits per heavy atom. The molecule has 0 bridgehead atoms. The van der Waals surface area contributed by atoms with Gasteiger partial charge < -0.3 is 11.1 Å². The van der Waals surface area contributed by atoms with Crippen molar-refractivity contribution in [2.45, 2.75) is 6.54 Å². The van der Waals surface area contributed by atoms with Gasteiger partial charge in [0.2, 0.25) is 11.1 Å². The van der Waals surface area contributed by atoms with Crippen LogP contribution in [0.3, 0.4) is 0 Å². The third kappa shape index (κ3) is 2.67. The lowest BCUT2D eigenvalue weighted by molar-refractivity contribution is 0.625. The molecule has 16 heavy (non-hydrogen) atoms. The van der Waals surface area contributed by atoms with Crippen LogP contribution >= 0.6 is 27.5 Å². The van der Waals surface area contributed by atoms with Crippen LogP contribution in [0.4, 0.5) is 15.5 Å². The quantitative estimate of drug-likeness (QED) is 0.915. The van der Waals surface area contributed by atoms with Gasteiger partial charge in [0, 0.05) is 22.5 Å². The van der Waals surface area contributed by atoms with Gasteiger partial charge in [-0.2, -0.15) is 9.36 Å². The number of anilines is 2. The van der Waals surface area contributed by atoms with Crippen molar-refractivity contribution in [3.8, 4) is 0 Å². The largest absolute Gasteiger partial charge is 0.367 e. The van der Waals surface area contributed by atoms with Crippen molar-refractivity contribution < 1.29 is 4.39 Å². The Balaban J connectivity index is 2.07. The number of nitrogen functional groups attached to an aromatic ring is 1. The van der Waals surface area contributed by atoms with E-state index in [-0.39, 0.29) is 11.8 Å². The lowest BCUT2D eigenvalue weighted by atomic mass is 10.2. The monoisotopic (exact) mass is 302 g/mol. The summed E-state index contributed by atoms with van der Waals surface area (Å²) >= 11 is 4.52. The average molecular weight is 303 g/mol. The molecule has 0 saturated heterocycles. The first-order chi connectivity index (χ1) is 7.65. The maximum atomic E-state index is 13.0. The first-order valence-corrected chi connectivity index (χ1v) is 5.99. The number of hydrogen-bond donors (Lipinski definition) is 2. The van der Waals surface area contributed by atoms with E-state index in [0.717, 1.165) is 10.0 Å². The number of hydrogen-bond acceptors (Lipinski definition) is 5. The highest BCUT2D eigenvalue weighted by Crippen LogP contribution is 2.20. The van der Waals surface area contributed by atoms with Gasteiger partial charge in [-0.15, -0.1) is 0 Å². The third-order valence-corrected chi connectivity index (χ3v) is 3.34. The van der Waals surface area contributed by atoms with Crippen molar-refractivity contribution >= 4 is 38.5 Å². The minimum Gasteiger partial charge on any atom is -0.367 e. The van der Waals surface area contributed by atoms with E-state index in [1.165, 1.54) is 23.7 Å². The zero-order chi connectivity index (χ0) is 11.5. The van der Waals surface area contributed by atoms with Gasteiger partial charge in [-0.25, -0.2) is 4.39 Å². The van der Waals surface area contributed by atoms with Gasteiger partial charge in [0.05, 0.1) is 0 Å². The fourth-order valence-corrected chi connectivity index (χ4v) is 2.03. The molecule has 0 aliphatic heterocycles. The van der Waals surface area contributed by atoms with Crippen molar-refractivity contribution in [1.82, 2.24) is 9.36 Å². The molecular weight excluding hydrogens is 295 g/mol. The highest BCUT2D eigenvalue weighted by molar-refractivity contribution is 9.10. The molecule has 84 valence electrons. The fourth-order valence-electron chi connectivity index (χ4n) is 1.16. The van der Waals surface area contributed by atoms with Crippen molar-refractivity contribution in [3.63, 3.8) is 0 Å². The molecule has 0 atom stereocenters. The molecule has 1 aromatic carbocycles. The van der Waals surface area contributed by atoms with Gasteiger partial charge in [-0.05, 0) is 23.8 Å². The first kappa shape index (κ1) is 11.3. The average Bonchev–Trinajstić information content (AvgIpc) is 2.66. The number of nitrogens with two attached hydrogens (primary N) is 1. The van der Waals surface area contributed by atoms with Crippen LogP contribution in [0.5, 0.6) is 0 Å². The van der Waals surface area contributed by atoms with Crippen molar-refractivity contribution in [1.29, 1.82) is 0 Å². The summed E-state index contributed by atoms with van der Waals surface area (Å²) in [5.74, 6) is -0.0254. The van der Waals surface area contributed by atoms with Crippen LogP contribution in [0.2, 0.25) is 0 Å². The van der Waals surface area contributed by atoms with Crippen LogP contribution in [0, 0.1) is 5.82 Å². The predicted molar refractivity (Wildman–Crippen MR) is 65.7 cm³/mol. The lowest BCUT2D eigenvalue weighted by Gasteiger charge is -2.04. The number of nitrogens with zero attached hydrogens (tertiary/aromatic N) is 2. The summed E-state index contributed by atoms with van der Waals surface area (Å²) in [6, 6.07) is 4.53. The molecule has 0 radical (unpaired) electrons. The maximum absolute atomic E-state index is 13.0. The highest BCUT2D eigenvalue weighted by atomic mass is 79.9. The van der Waals surface area contributed by atoms with Crippen LogP contribution in [0.15, 0.2) is 22.7 Å². The van der Waals surface area contributed by atoms with Gasteiger partial charge in [0.15, 0.2) is 0 Å². The SMILES string of the molecule is Nc1nsc(NCc2cc(F)ccc2Br)n1. The van der Waals surface area contributed by atoms with E-state index < -0.39 is 0 Å². The number of aromatic nitrogens is 2. The number of rotatable bonds is 3. The van der Waals surface area contributed by atoms with Crippen LogP contribution < -0.4 is 11.1 Å². The Hall–Kier alpha value is -1.21. The minimum absolute atomic E-state index is 0.241.